The van der Waals surface area contributed by atoms with Crippen molar-refractivity contribution in [2.24, 2.45) is 4.99 Å². The van der Waals surface area contributed by atoms with Gasteiger partial charge in [0, 0.05) is 30.2 Å². The molecule has 0 atom stereocenters. The Morgan fingerprint density at radius 1 is 1.40 bits per heavy atom. The Hall–Kier alpha value is -2.07. The fourth-order valence-corrected chi connectivity index (χ4v) is 1.88. The number of carboxylic acids is 1. The van der Waals surface area contributed by atoms with Gasteiger partial charge in [0.15, 0.2) is 0 Å². The molecule has 2 aromatic rings. The lowest BCUT2D eigenvalue weighted by Crippen LogP contribution is -1.95. The molecule has 20 heavy (non-hydrogen) atoms. The molecule has 104 valence electrons. The zero-order chi connectivity index (χ0) is 14.7. The molecular weight excluding hydrogens is 276 g/mol. The zero-order valence-electron chi connectivity index (χ0n) is 11.2. The van der Waals surface area contributed by atoms with E-state index in [1.54, 1.807) is 6.21 Å². The van der Waals surface area contributed by atoms with Gasteiger partial charge in [0.2, 0.25) is 0 Å². The summed E-state index contributed by atoms with van der Waals surface area (Å²) in [7, 11) is 0. The number of halogens is 1. The van der Waals surface area contributed by atoms with E-state index in [9.17, 15) is 4.79 Å². The fraction of sp³-hybridized carbons (Fsp3) is 0.200. The molecule has 0 radical (unpaired) electrons. The normalized spacial score (nSPS) is 11.4. The Kier molecular flexibility index (Phi) is 4.25. The van der Waals surface area contributed by atoms with Gasteiger partial charge >= 0.3 is 5.97 Å². The van der Waals surface area contributed by atoms with E-state index in [1.807, 2.05) is 18.5 Å². The zero-order valence-corrected chi connectivity index (χ0v) is 12.0. The summed E-state index contributed by atoms with van der Waals surface area (Å²) < 4.78 is 2.07. The van der Waals surface area contributed by atoms with Crippen molar-refractivity contribution < 1.29 is 9.90 Å². The molecular formula is C15H15ClN2O2. The number of benzene rings is 1. The van der Waals surface area contributed by atoms with Crippen LogP contribution in [0.4, 0.5) is 5.69 Å². The molecule has 0 saturated heterocycles. The first-order valence-corrected chi connectivity index (χ1v) is 6.59. The molecule has 0 aliphatic heterocycles. The van der Waals surface area contributed by atoms with Crippen LogP contribution in [0.15, 0.2) is 41.7 Å². The van der Waals surface area contributed by atoms with Crippen LogP contribution in [0, 0.1) is 0 Å². The van der Waals surface area contributed by atoms with Crippen LogP contribution >= 0.6 is 11.6 Å². The summed E-state index contributed by atoms with van der Waals surface area (Å²) in [4.78, 5) is 15.2. The molecule has 4 nitrogen and oxygen atoms in total. The van der Waals surface area contributed by atoms with E-state index >= 15 is 0 Å². The molecule has 0 saturated carbocycles. The lowest BCUT2D eigenvalue weighted by molar-refractivity contribution is 0.0697. The Balaban J connectivity index is 2.26. The van der Waals surface area contributed by atoms with Crippen LogP contribution in [0.3, 0.4) is 0 Å². The Bertz CT molecular complexity index is 660. The first kappa shape index (κ1) is 14.3. The Morgan fingerprint density at radius 2 is 2.15 bits per heavy atom. The molecule has 5 heteroatoms. The van der Waals surface area contributed by atoms with Crippen molar-refractivity contribution in [3.05, 3.63) is 52.8 Å². The smallest absolute Gasteiger partial charge is 0.335 e. The van der Waals surface area contributed by atoms with Crippen molar-refractivity contribution in [1.29, 1.82) is 0 Å². The highest BCUT2D eigenvalue weighted by Crippen LogP contribution is 2.26. The lowest BCUT2D eigenvalue weighted by atomic mass is 10.2. The summed E-state index contributed by atoms with van der Waals surface area (Å²) in [5.41, 5.74) is 1.56. The highest BCUT2D eigenvalue weighted by molar-refractivity contribution is 6.33. The van der Waals surface area contributed by atoms with Gasteiger partial charge in [-0.3, -0.25) is 4.99 Å². The summed E-state index contributed by atoms with van der Waals surface area (Å²) >= 11 is 6.01. The van der Waals surface area contributed by atoms with E-state index in [0.29, 0.717) is 16.8 Å². The van der Waals surface area contributed by atoms with Crippen LogP contribution in [0.1, 0.15) is 35.8 Å². The molecule has 0 aliphatic rings. The predicted molar refractivity (Wildman–Crippen MR) is 80.5 cm³/mol. The van der Waals surface area contributed by atoms with Crippen LogP contribution in [-0.4, -0.2) is 21.9 Å². The highest BCUT2D eigenvalue weighted by Gasteiger charge is 2.06. The van der Waals surface area contributed by atoms with E-state index in [0.717, 1.165) is 5.56 Å². The maximum Gasteiger partial charge on any atom is 0.335 e. The number of rotatable bonds is 4. The Morgan fingerprint density at radius 3 is 2.75 bits per heavy atom. The second kappa shape index (κ2) is 5.92. The third kappa shape index (κ3) is 3.27. The average molecular weight is 291 g/mol. The number of aromatic carboxylic acids is 1. The van der Waals surface area contributed by atoms with E-state index < -0.39 is 5.97 Å². The number of nitrogens with zero attached hydrogens (tertiary/aromatic N) is 2. The maximum atomic E-state index is 10.9. The molecule has 0 bridgehead atoms. The summed E-state index contributed by atoms with van der Waals surface area (Å²) in [5, 5.41) is 9.38. The second-order valence-electron chi connectivity index (χ2n) is 4.72. The van der Waals surface area contributed by atoms with Gasteiger partial charge in [-0.05, 0) is 38.1 Å². The molecule has 1 aromatic carbocycles. The minimum atomic E-state index is -0.996. The first-order chi connectivity index (χ1) is 9.47. The molecule has 0 unspecified atom stereocenters. The van der Waals surface area contributed by atoms with Crippen molar-refractivity contribution in [2.75, 3.05) is 0 Å². The van der Waals surface area contributed by atoms with Crippen molar-refractivity contribution in [1.82, 2.24) is 4.57 Å². The Labute approximate surface area is 122 Å². The van der Waals surface area contributed by atoms with Gasteiger partial charge in [-0.15, -0.1) is 0 Å². The van der Waals surface area contributed by atoms with Gasteiger partial charge in [-0.25, -0.2) is 4.79 Å². The van der Waals surface area contributed by atoms with Crippen LogP contribution in [0.5, 0.6) is 0 Å². The molecule has 0 spiro atoms. The average Bonchev–Trinajstić information content (AvgIpc) is 2.86. The topological polar surface area (TPSA) is 54.6 Å². The number of carbonyl (C=O) groups is 1. The summed E-state index contributed by atoms with van der Waals surface area (Å²) in [6.07, 6.45) is 5.62. The molecule has 1 N–H and O–H groups in total. The van der Waals surface area contributed by atoms with Crippen molar-refractivity contribution in [3.63, 3.8) is 0 Å². The van der Waals surface area contributed by atoms with Gasteiger partial charge in [-0.2, -0.15) is 0 Å². The number of hydrogen-bond donors (Lipinski definition) is 1. The number of hydrogen-bond acceptors (Lipinski definition) is 2. The van der Waals surface area contributed by atoms with Crippen LogP contribution in [0.2, 0.25) is 5.02 Å². The molecule has 1 heterocycles. The standard InChI is InChI=1S/C15H15ClN2O2/c1-10(2)18-6-5-11(9-18)8-17-14-7-12(15(19)20)3-4-13(14)16/h3-10H,1-2H3,(H,19,20). The summed E-state index contributed by atoms with van der Waals surface area (Å²) in [6, 6.07) is 6.78. The largest absolute Gasteiger partial charge is 0.478 e. The molecule has 0 fully saturated rings. The van der Waals surface area contributed by atoms with Crippen molar-refractivity contribution in [3.8, 4) is 0 Å². The molecule has 1 aromatic heterocycles. The molecule has 2 rings (SSSR count). The van der Waals surface area contributed by atoms with Crippen LogP contribution in [0.25, 0.3) is 0 Å². The minimum Gasteiger partial charge on any atom is -0.478 e. The van der Waals surface area contributed by atoms with E-state index in [1.165, 1.54) is 18.2 Å². The van der Waals surface area contributed by atoms with E-state index in [2.05, 4.69) is 23.4 Å². The lowest BCUT2D eigenvalue weighted by Gasteiger charge is -2.04. The van der Waals surface area contributed by atoms with Crippen LogP contribution in [-0.2, 0) is 0 Å². The number of aromatic nitrogens is 1. The monoisotopic (exact) mass is 290 g/mol. The SMILES string of the molecule is CC(C)n1ccc(C=Nc2cc(C(=O)O)ccc2Cl)c1. The first-order valence-electron chi connectivity index (χ1n) is 6.22. The highest BCUT2D eigenvalue weighted by atomic mass is 35.5. The van der Waals surface area contributed by atoms with Crippen LogP contribution < -0.4 is 0 Å². The third-order valence-corrected chi connectivity index (χ3v) is 3.20. The molecule has 0 amide bonds. The fourth-order valence-electron chi connectivity index (χ4n) is 1.72. The van der Waals surface area contributed by atoms with E-state index in [4.69, 9.17) is 16.7 Å². The van der Waals surface area contributed by atoms with Gasteiger partial charge in [-0.1, -0.05) is 11.6 Å². The molecule has 0 aliphatic carbocycles. The van der Waals surface area contributed by atoms with Gasteiger partial charge in [0.05, 0.1) is 16.3 Å². The summed E-state index contributed by atoms with van der Waals surface area (Å²) in [6.45, 7) is 4.18. The number of aliphatic imine (C=N–C) groups is 1. The quantitative estimate of drug-likeness (QED) is 0.859. The minimum absolute atomic E-state index is 0.168. The van der Waals surface area contributed by atoms with Gasteiger partial charge < -0.3 is 9.67 Å². The van der Waals surface area contributed by atoms with Crippen molar-refractivity contribution >= 4 is 29.5 Å². The van der Waals surface area contributed by atoms with Crippen molar-refractivity contribution in [2.45, 2.75) is 19.9 Å². The number of carboxylic acid groups (broad SMARTS) is 1. The van der Waals surface area contributed by atoms with E-state index in [-0.39, 0.29) is 5.56 Å². The maximum absolute atomic E-state index is 10.9. The predicted octanol–water partition coefficient (Wildman–Crippen LogP) is 4.17. The third-order valence-electron chi connectivity index (χ3n) is 2.88. The van der Waals surface area contributed by atoms with Gasteiger partial charge in [0.25, 0.3) is 0 Å². The second-order valence-corrected chi connectivity index (χ2v) is 5.12. The summed E-state index contributed by atoms with van der Waals surface area (Å²) in [5.74, 6) is -0.996. The van der Waals surface area contributed by atoms with Gasteiger partial charge in [0.1, 0.15) is 0 Å².